The maximum Gasteiger partial charge on any atom is 0.238 e. The molecular weight excluding hydrogens is 715 g/mol. The van der Waals surface area contributed by atoms with Crippen molar-refractivity contribution in [2.75, 3.05) is 0 Å². The lowest BCUT2D eigenvalue weighted by Crippen LogP contribution is -2.06. The van der Waals surface area contributed by atoms with Gasteiger partial charge in [0.25, 0.3) is 0 Å². The number of thiophene rings is 1. The molecule has 0 bridgehead atoms. The van der Waals surface area contributed by atoms with E-state index in [9.17, 15) is 6.85 Å². The summed E-state index contributed by atoms with van der Waals surface area (Å²) >= 11 is 1.63. The number of para-hydroxylation sites is 4. The molecule has 0 saturated heterocycles. The second-order valence-corrected chi connectivity index (χ2v) is 14.3. The SMILES string of the molecule is [2H]c1c([2H])c(-c2c([2H])c([2H])c(-c3nc(-c4ccc5sc6ccccc6c5c4)nc(-n4c5ccccc5c5ccccc54)n3)c([2H])c2[2H])c([2H])c(-n2c3c([2H])c([2H])c([2H])c([2H])c3c3c([2H])c([2H])c([2H])c([2H])c32)c1[2H]. The van der Waals surface area contributed by atoms with Crippen LogP contribution < -0.4 is 0 Å². The van der Waals surface area contributed by atoms with Crippen LogP contribution in [0.5, 0.6) is 0 Å². The third-order valence-corrected chi connectivity index (χ3v) is 11.2. The van der Waals surface area contributed by atoms with Crippen molar-refractivity contribution in [1.82, 2.24) is 24.1 Å². The summed E-state index contributed by atoms with van der Waals surface area (Å²) in [6, 6.07) is 16.9. The van der Waals surface area contributed by atoms with Crippen LogP contribution in [0.1, 0.15) is 21.9 Å². The zero-order valence-corrected chi connectivity index (χ0v) is 30.1. The van der Waals surface area contributed by atoms with Gasteiger partial charge in [-0.1, -0.05) is 127 Å². The Morgan fingerprint density at radius 1 is 0.404 bits per heavy atom. The topological polar surface area (TPSA) is 48.5 Å². The summed E-state index contributed by atoms with van der Waals surface area (Å²) in [6.07, 6.45) is 0. The van der Waals surface area contributed by atoms with E-state index in [-0.39, 0.29) is 33.9 Å². The number of benzene rings is 8. The first-order valence-corrected chi connectivity index (χ1v) is 18.6. The molecule has 4 aromatic heterocycles. The molecule has 4 heterocycles. The quantitative estimate of drug-likeness (QED) is 0.175. The summed E-state index contributed by atoms with van der Waals surface area (Å²) in [5.74, 6) is 0.0143. The highest BCUT2D eigenvalue weighted by molar-refractivity contribution is 7.25. The Kier molecular flexibility index (Phi) is 4.40. The fourth-order valence-corrected chi connectivity index (χ4v) is 8.56. The molecule has 0 aliphatic heterocycles. The Morgan fingerprint density at radius 2 is 1.00 bits per heavy atom. The Morgan fingerprint density at radius 3 is 1.72 bits per heavy atom. The van der Waals surface area contributed by atoms with Crippen LogP contribution in [0, 0.1) is 0 Å². The van der Waals surface area contributed by atoms with Gasteiger partial charge in [-0.3, -0.25) is 4.57 Å². The predicted octanol–water partition coefficient (Wildman–Crippen LogP) is 13.4. The molecule has 12 rings (SSSR count). The van der Waals surface area contributed by atoms with Gasteiger partial charge in [-0.2, -0.15) is 9.97 Å². The van der Waals surface area contributed by atoms with Gasteiger partial charge >= 0.3 is 0 Å². The van der Waals surface area contributed by atoms with Crippen LogP contribution in [0.2, 0.25) is 0 Å². The lowest BCUT2D eigenvalue weighted by molar-refractivity contribution is 0.954. The molecule has 0 radical (unpaired) electrons. The monoisotopic (exact) mass is 761 g/mol. The predicted molar refractivity (Wildman–Crippen MR) is 238 cm³/mol. The summed E-state index contributed by atoms with van der Waals surface area (Å²) in [6.45, 7) is 0. The number of hydrogen-bond donors (Lipinski definition) is 0. The van der Waals surface area contributed by atoms with Gasteiger partial charge in [-0.05, 0) is 71.7 Å². The molecule has 0 unspecified atom stereocenters. The van der Waals surface area contributed by atoms with E-state index < -0.39 is 125 Å². The molecule has 0 atom stereocenters. The van der Waals surface area contributed by atoms with Crippen molar-refractivity contribution < 1.29 is 21.9 Å². The van der Waals surface area contributed by atoms with Gasteiger partial charge < -0.3 is 4.57 Å². The third kappa shape index (κ3) is 5.04. The number of rotatable bonds is 5. The number of nitrogens with zero attached hydrogens (tertiary/aromatic N) is 5. The van der Waals surface area contributed by atoms with E-state index in [1.165, 1.54) is 0 Å². The molecule has 8 aromatic carbocycles. The molecule has 0 aliphatic carbocycles. The van der Waals surface area contributed by atoms with Crippen molar-refractivity contribution in [2.45, 2.75) is 0 Å². The molecular formula is C51H31N5S. The zero-order chi connectivity index (χ0) is 51.4. The Balaban J connectivity index is 1.14. The molecule has 0 aliphatic rings. The third-order valence-electron chi connectivity index (χ3n) is 10.0. The fraction of sp³-hybridized carbons (Fsp3) is 0. The van der Waals surface area contributed by atoms with Gasteiger partial charge in [-0.15, -0.1) is 11.3 Å². The molecule has 6 heteroatoms. The van der Waals surface area contributed by atoms with E-state index in [0.29, 0.717) is 5.56 Å². The molecule has 0 amide bonds. The lowest BCUT2D eigenvalue weighted by atomic mass is 10.0. The summed E-state index contributed by atoms with van der Waals surface area (Å²) in [7, 11) is 0. The average molecular weight is 762 g/mol. The highest BCUT2D eigenvalue weighted by Crippen LogP contribution is 2.38. The first-order chi connectivity index (χ1) is 34.9. The van der Waals surface area contributed by atoms with E-state index >= 15 is 0 Å². The van der Waals surface area contributed by atoms with Crippen molar-refractivity contribution in [1.29, 1.82) is 0 Å². The standard InChI is InChI=1S/C51H31N5S/c1-6-19-43-37(14-1)38-15-2-7-20-44(38)55(43)36-13-11-12-34(30-36)32-24-26-33(27-25-32)49-52-50(35-28-29-48-42(31-35)41-18-5-10-23-47(41)57-48)54-51(53-49)56-45-21-8-3-16-39(45)40-17-4-9-22-46(40)56/h1-31H/i1D,2D,6D,7D,11D,12D,13D,14D,15D,19D,20D,24D,25D,26D,27D,30D. The minimum atomic E-state index is -0.882. The summed E-state index contributed by atoms with van der Waals surface area (Å²) in [4.78, 5) is 14.8. The second-order valence-electron chi connectivity index (χ2n) is 13.2. The molecule has 0 N–H and O–H groups in total. The fourth-order valence-electron chi connectivity index (χ4n) is 7.47. The van der Waals surface area contributed by atoms with Crippen LogP contribution in [-0.2, 0) is 0 Å². The van der Waals surface area contributed by atoms with Gasteiger partial charge in [0.15, 0.2) is 11.6 Å². The van der Waals surface area contributed by atoms with Crippen LogP contribution >= 0.6 is 11.3 Å². The second kappa shape index (κ2) is 12.6. The maximum absolute atomic E-state index is 9.69. The number of aromatic nitrogens is 5. The molecule has 5 nitrogen and oxygen atoms in total. The molecule has 266 valence electrons. The van der Waals surface area contributed by atoms with E-state index in [1.807, 2.05) is 95.6 Å². The van der Waals surface area contributed by atoms with E-state index in [4.69, 9.17) is 30.0 Å². The smallest absolute Gasteiger partial charge is 0.238 e. The van der Waals surface area contributed by atoms with E-state index in [1.54, 1.807) is 11.3 Å². The van der Waals surface area contributed by atoms with Gasteiger partial charge in [0.1, 0.15) is 0 Å². The zero-order valence-electron chi connectivity index (χ0n) is 45.3. The highest BCUT2D eigenvalue weighted by atomic mass is 32.1. The van der Waals surface area contributed by atoms with E-state index in [2.05, 4.69) is 0 Å². The summed E-state index contributed by atoms with van der Waals surface area (Å²) in [5, 5.41) is 3.04. The Bertz CT molecular complexity index is 4330. The molecule has 0 fully saturated rings. The Hall–Kier alpha value is -7.41. The first-order valence-electron chi connectivity index (χ1n) is 25.8. The number of hydrogen-bond acceptors (Lipinski definition) is 4. The largest absolute Gasteiger partial charge is 0.309 e. The average Bonchev–Trinajstić information content (AvgIpc) is 4.07. The van der Waals surface area contributed by atoms with Crippen LogP contribution in [0.3, 0.4) is 0 Å². The summed E-state index contributed by atoms with van der Waals surface area (Å²) < 4.78 is 150. The molecule has 12 aromatic rings. The normalized spacial score (nSPS) is 15.8. The maximum atomic E-state index is 9.69. The van der Waals surface area contributed by atoms with Gasteiger partial charge in [0, 0.05) is 58.5 Å². The van der Waals surface area contributed by atoms with Crippen LogP contribution in [0.25, 0.3) is 109 Å². The first kappa shape index (κ1) is 20.0. The van der Waals surface area contributed by atoms with Gasteiger partial charge in [0.05, 0.1) is 44.0 Å². The van der Waals surface area contributed by atoms with E-state index in [0.717, 1.165) is 46.5 Å². The van der Waals surface area contributed by atoms with Crippen molar-refractivity contribution in [3.05, 3.63) is 188 Å². The Labute approximate surface area is 353 Å². The molecule has 0 saturated carbocycles. The van der Waals surface area contributed by atoms with Crippen molar-refractivity contribution in [3.63, 3.8) is 0 Å². The lowest BCUT2D eigenvalue weighted by Gasteiger charge is -2.12. The number of fused-ring (bicyclic) bond motifs is 9. The summed E-state index contributed by atoms with van der Waals surface area (Å²) in [5.41, 5.74) is -1.18. The minimum absolute atomic E-state index is 0.104. The molecule has 0 spiro atoms. The van der Waals surface area contributed by atoms with Crippen LogP contribution in [0.4, 0.5) is 0 Å². The van der Waals surface area contributed by atoms with Crippen molar-refractivity contribution in [2.24, 2.45) is 0 Å². The van der Waals surface area contributed by atoms with Crippen LogP contribution in [-0.4, -0.2) is 24.1 Å². The van der Waals surface area contributed by atoms with Crippen LogP contribution in [0.15, 0.2) is 188 Å². The van der Waals surface area contributed by atoms with Gasteiger partial charge in [-0.25, -0.2) is 4.98 Å². The highest BCUT2D eigenvalue weighted by Gasteiger charge is 2.19. The van der Waals surface area contributed by atoms with Gasteiger partial charge in [0.2, 0.25) is 5.95 Å². The minimum Gasteiger partial charge on any atom is -0.309 e. The van der Waals surface area contributed by atoms with Crippen molar-refractivity contribution >= 4 is 75.1 Å². The molecule has 57 heavy (non-hydrogen) atoms. The van der Waals surface area contributed by atoms with Crippen molar-refractivity contribution in [3.8, 4) is 45.5 Å².